The van der Waals surface area contributed by atoms with Crippen LogP contribution in [0.3, 0.4) is 0 Å². The van der Waals surface area contributed by atoms with Crippen LogP contribution < -0.4 is 9.47 Å². The molecule has 2 aromatic rings. The van der Waals surface area contributed by atoms with Gasteiger partial charge in [0.2, 0.25) is 10.0 Å². The highest BCUT2D eigenvalue weighted by Gasteiger charge is 2.34. The molecular formula is C21H29N3O4S. The Labute approximate surface area is 172 Å². The predicted molar refractivity (Wildman–Crippen MR) is 110 cm³/mol. The Morgan fingerprint density at radius 1 is 1.17 bits per heavy atom. The smallest absolute Gasteiger partial charge is 0.246 e. The standard InChI is InChI=1S/C21H29N3O4S/c1-15-12-22-21(17-6-7-17)24(15)14-16-5-4-10-23(13-16)29(25,26)20-11-18(27-2)8-9-19(20)28-3/h8-9,11-12,16-17H,4-7,10,13-14H2,1-3H3. The minimum atomic E-state index is -3.67. The number of aromatic nitrogens is 2. The highest BCUT2D eigenvalue weighted by atomic mass is 32.2. The molecule has 1 aromatic carbocycles. The van der Waals surface area contributed by atoms with Crippen LogP contribution in [0, 0.1) is 12.8 Å². The van der Waals surface area contributed by atoms with Crippen LogP contribution in [0.5, 0.6) is 11.5 Å². The zero-order chi connectivity index (χ0) is 20.6. The average molecular weight is 420 g/mol. The van der Waals surface area contributed by atoms with Gasteiger partial charge in [-0.1, -0.05) is 0 Å². The van der Waals surface area contributed by atoms with Crippen LogP contribution in [0.4, 0.5) is 0 Å². The van der Waals surface area contributed by atoms with Gasteiger partial charge in [-0.15, -0.1) is 0 Å². The zero-order valence-corrected chi connectivity index (χ0v) is 18.1. The molecule has 1 aliphatic heterocycles. The van der Waals surface area contributed by atoms with Crippen LogP contribution in [-0.4, -0.2) is 49.6 Å². The highest BCUT2D eigenvalue weighted by Crippen LogP contribution is 2.40. The summed E-state index contributed by atoms with van der Waals surface area (Å²) >= 11 is 0. The van der Waals surface area contributed by atoms with Crippen LogP contribution in [0.15, 0.2) is 29.3 Å². The van der Waals surface area contributed by atoms with E-state index in [9.17, 15) is 8.42 Å². The lowest BCUT2D eigenvalue weighted by atomic mass is 9.99. The topological polar surface area (TPSA) is 73.7 Å². The van der Waals surface area contributed by atoms with Crippen molar-refractivity contribution in [2.24, 2.45) is 5.92 Å². The molecular weight excluding hydrogens is 390 g/mol. The lowest BCUT2D eigenvalue weighted by Gasteiger charge is -2.33. The number of hydrogen-bond donors (Lipinski definition) is 0. The Bertz CT molecular complexity index is 982. The number of sulfonamides is 1. The monoisotopic (exact) mass is 419 g/mol. The van der Waals surface area contributed by atoms with Gasteiger partial charge in [0.25, 0.3) is 0 Å². The first-order valence-corrected chi connectivity index (χ1v) is 11.6. The largest absolute Gasteiger partial charge is 0.497 e. The molecule has 0 radical (unpaired) electrons. The van der Waals surface area contributed by atoms with E-state index in [-0.39, 0.29) is 10.8 Å². The Balaban J connectivity index is 1.56. The number of hydrogen-bond acceptors (Lipinski definition) is 5. The van der Waals surface area contributed by atoms with Gasteiger partial charge < -0.3 is 14.0 Å². The third-order valence-corrected chi connectivity index (χ3v) is 7.83. The van der Waals surface area contributed by atoms with E-state index in [4.69, 9.17) is 9.47 Å². The fraction of sp³-hybridized carbons (Fsp3) is 0.571. The van der Waals surface area contributed by atoms with Crippen LogP contribution in [-0.2, 0) is 16.6 Å². The van der Waals surface area contributed by atoms with Gasteiger partial charge in [0.15, 0.2) is 0 Å². The Morgan fingerprint density at radius 2 is 1.97 bits per heavy atom. The predicted octanol–water partition coefficient (Wildman–Crippen LogP) is 3.19. The second kappa shape index (κ2) is 7.99. The molecule has 7 nitrogen and oxygen atoms in total. The SMILES string of the molecule is COc1ccc(OC)c(S(=O)(=O)N2CCCC(Cn3c(C)cnc3C3CC3)C2)c1. The summed E-state index contributed by atoms with van der Waals surface area (Å²) in [5, 5.41) is 0. The van der Waals surface area contributed by atoms with Crippen molar-refractivity contribution in [1.29, 1.82) is 0 Å². The number of imidazole rings is 1. The van der Waals surface area contributed by atoms with Gasteiger partial charge in [-0.05, 0) is 50.7 Å². The van der Waals surface area contributed by atoms with Gasteiger partial charge in [-0.3, -0.25) is 0 Å². The minimum absolute atomic E-state index is 0.164. The van der Waals surface area contributed by atoms with Crippen molar-refractivity contribution in [3.63, 3.8) is 0 Å². The van der Waals surface area contributed by atoms with E-state index in [1.54, 1.807) is 22.5 Å². The van der Waals surface area contributed by atoms with Crippen molar-refractivity contribution >= 4 is 10.0 Å². The Kier molecular flexibility index (Phi) is 5.57. The van der Waals surface area contributed by atoms with Crippen molar-refractivity contribution in [2.45, 2.75) is 50.0 Å². The van der Waals surface area contributed by atoms with E-state index in [0.717, 1.165) is 30.9 Å². The molecule has 0 spiro atoms. The van der Waals surface area contributed by atoms with E-state index in [1.807, 2.05) is 6.20 Å². The van der Waals surface area contributed by atoms with Gasteiger partial charge in [0.1, 0.15) is 22.2 Å². The summed E-state index contributed by atoms with van der Waals surface area (Å²) in [6.45, 7) is 3.93. The molecule has 8 heteroatoms. The molecule has 2 aliphatic rings. The van der Waals surface area contributed by atoms with E-state index < -0.39 is 10.0 Å². The number of piperidine rings is 1. The molecule has 2 fully saturated rings. The van der Waals surface area contributed by atoms with E-state index in [0.29, 0.717) is 30.5 Å². The summed E-state index contributed by atoms with van der Waals surface area (Å²) < 4.78 is 41.3. The maximum Gasteiger partial charge on any atom is 0.246 e. The normalized spacial score (nSPS) is 20.6. The van der Waals surface area contributed by atoms with Crippen molar-refractivity contribution < 1.29 is 17.9 Å². The van der Waals surface area contributed by atoms with Crippen LogP contribution in [0.25, 0.3) is 0 Å². The van der Waals surface area contributed by atoms with Gasteiger partial charge in [0.05, 0.1) is 14.2 Å². The second-order valence-corrected chi connectivity index (χ2v) is 9.94. The maximum absolute atomic E-state index is 13.4. The molecule has 0 amide bonds. The summed E-state index contributed by atoms with van der Waals surface area (Å²) in [5.74, 6) is 2.85. The minimum Gasteiger partial charge on any atom is -0.497 e. The maximum atomic E-state index is 13.4. The number of aryl methyl sites for hydroxylation is 1. The highest BCUT2D eigenvalue weighted by molar-refractivity contribution is 7.89. The third kappa shape index (κ3) is 4.00. The lowest BCUT2D eigenvalue weighted by molar-refractivity contribution is 0.242. The van der Waals surface area contributed by atoms with Crippen LogP contribution in [0.2, 0.25) is 0 Å². The van der Waals surface area contributed by atoms with Crippen molar-refractivity contribution in [1.82, 2.24) is 13.9 Å². The molecule has 1 saturated heterocycles. The first-order chi connectivity index (χ1) is 13.9. The van der Waals surface area contributed by atoms with Gasteiger partial charge in [-0.2, -0.15) is 4.31 Å². The average Bonchev–Trinajstić information content (AvgIpc) is 3.52. The summed E-state index contributed by atoms with van der Waals surface area (Å²) in [5.41, 5.74) is 1.15. The van der Waals surface area contributed by atoms with E-state index in [1.165, 1.54) is 27.1 Å². The Hall–Kier alpha value is -2.06. The third-order valence-electron chi connectivity index (χ3n) is 5.94. The van der Waals surface area contributed by atoms with Crippen molar-refractivity contribution in [3.05, 3.63) is 35.9 Å². The molecule has 1 atom stereocenters. The van der Waals surface area contributed by atoms with Crippen molar-refractivity contribution in [2.75, 3.05) is 27.3 Å². The van der Waals surface area contributed by atoms with Gasteiger partial charge in [0, 0.05) is 43.5 Å². The van der Waals surface area contributed by atoms with E-state index in [2.05, 4.69) is 16.5 Å². The van der Waals surface area contributed by atoms with Crippen LogP contribution in [0.1, 0.15) is 43.1 Å². The molecule has 29 heavy (non-hydrogen) atoms. The number of nitrogens with zero attached hydrogens (tertiary/aromatic N) is 3. The Morgan fingerprint density at radius 3 is 2.66 bits per heavy atom. The zero-order valence-electron chi connectivity index (χ0n) is 17.3. The first kappa shape index (κ1) is 20.2. The summed E-state index contributed by atoms with van der Waals surface area (Å²) in [4.78, 5) is 4.77. The fourth-order valence-corrected chi connectivity index (χ4v) is 5.89. The molecule has 2 heterocycles. The number of rotatable bonds is 7. The van der Waals surface area contributed by atoms with E-state index >= 15 is 0 Å². The summed E-state index contributed by atoms with van der Waals surface area (Å²) in [6, 6.07) is 4.89. The van der Waals surface area contributed by atoms with Crippen molar-refractivity contribution in [3.8, 4) is 11.5 Å². The first-order valence-electron chi connectivity index (χ1n) is 10.2. The number of benzene rings is 1. The molecule has 1 saturated carbocycles. The van der Waals surface area contributed by atoms with Gasteiger partial charge >= 0.3 is 0 Å². The molecule has 0 N–H and O–H groups in total. The molecule has 158 valence electrons. The quantitative estimate of drug-likeness (QED) is 0.689. The summed E-state index contributed by atoms with van der Waals surface area (Å²) in [7, 11) is -0.655. The van der Waals surface area contributed by atoms with Crippen LogP contribution >= 0.6 is 0 Å². The number of methoxy groups -OCH3 is 2. The molecule has 1 unspecified atom stereocenters. The molecule has 1 aromatic heterocycles. The summed E-state index contributed by atoms with van der Waals surface area (Å²) in [6.07, 6.45) is 6.21. The second-order valence-electron chi connectivity index (χ2n) is 8.03. The number of ether oxygens (including phenoxy) is 2. The van der Waals surface area contributed by atoms with Gasteiger partial charge in [-0.25, -0.2) is 13.4 Å². The molecule has 0 bridgehead atoms. The lowest BCUT2D eigenvalue weighted by Crippen LogP contribution is -2.41. The fourth-order valence-electron chi connectivity index (χ4n) is 4.16. The molecule has 1 aliphatic carbocycles. The molecule has 4 rings (SSSR count).